The first-order valence-corrected chi connectivity index (χ1v) is 7.05. The van der Waals surface area contributed by atoms with E-state index in [2.05, 4.69) is 41.8 Å². The van der Waals surface area contributed by atoms with Gasteiger partial charge in [0.25, 0.3) is 0 Å². The normalized spacial score (nSPS) is 10.6. The molecule has 3 rings (SSSR count). The minimum absolute atomic E-state index is 0.576. The second kappa shape index (κ2) is 5.34. The highest BCUT2D eigenvalue weighted by Gasteiger charge is 2.06. The van der Waals surface area contributed by atoms with Crippen molar-refractivity contribution in [2.45, 2.75) is 6.54 Å². The Morgan fingerprint density at radius 3 is 2.32 bits per heavy atom. The molecule has 0 spiro atoms. The molecule has 2 nitrogen and oxygen atoms in total. The van der Waals surface area contributed by atoms with Crippen molar-refractivity contribution in [2.75, 3.05) is 0 Å². The third-order valence-electron chi connectivity index (χ3n) is 3.01. The summed E-state index contributed by atoms with van der Waals surface area (Å²) in [7, 11) is 0. The number of thiazole rings is 1. The van der Waals surface area contributed by atoms with Crippen molar-refractivity contribution in [3.05, 3.63) is 65.5 Å². The summed E-state index contributed by atoms with van der Waals surface area (Å²) in [6, 6.07) is 18.5. The third kappa shape index (κ3) is 2.57. The largest absolute Gasteiger partial charge is 0.326 e. The zero-order chi connectivity index (χ0) is 13.1. The fourth-order valence-electron chi connectivity index (χ4n) is 1.93. The van der Waals surface area contributed by atoms with Crippen LogP contribution in [-0.2, 0) is 6.54 Å². The van der Waals surface area contributed by atoms with Crippen molar-refractivity contribution in [1.82, 2.24) is 4.98 Å². The molecular weight excluding hydrogens is 252 g/mol. The fourth-order valence-corrected chi connectivity index (χ4v) is 2.77. The van der Waals surface area contributed by atoms with Crippen LogP contribution >= 0.6 is 11.3 Å². The summed E-state index contributed by atoms with van der Waals surface area (Å²) in [5.41, 5.74) is 10.1. The van der Waals surface area contributed by atoms with E-state index in [-0.39, 0.29) is 0 Å². The van der Waals surface area contributed by atoms with Gasteiger partial charge in [0.1, 0.15) is 5.01 Å². The molecule has 2 N–H and O–H groups in total. The number of nitrogens with zero attached hydrogens (tertiary/aromatic N) is 1. The van der Waals surface area contributed by atoms with E-state index in [1.54, 1.807) is 11.3 Å². The van der Waals surface area contributed by atoms with Gasteiger partial charge in [-0.2, -0.15) is 0 Å². The quantitative estimate of drug-likeness (QED) is 0.780. The van der Waals surface area contributed by atoms with Gasteiger partial charge in [0, 0.05) is 23.1 Å². The Bertz CT molecular complexity index is 657. The Hall–Kier alpha value is -1.97. The van der Waals surface area contributed by atoms with E-state index in [1.807, 2.05) is 18.2 Å². The van der Waals surface area contributed by atoms with E-state index in [1.165, 1.54) is 0 Å². The highest BCUT2D eigenvalue weighted by Crippen LogP contribution is 2.28. The summed E-state index contributed by atoms with van der Waals surface area (Å²) < 4.78 is 0. The number of hydrogen-bond acceptors (Lipinski definition) is 3. The minimum Gasteiger partial charge on any atom is -0.326 e. The van der Waals surface area contributed by atoms with E-state index >= 15 is 0 Å². The maximum absolute atomic E-state index is 5.61. The summed E-state index contributed by atoms with van der Waals surface area (Å²) >= 11 is 1.67. The Morgan fingerprint density at radius 2 is 1.63 bits per heavy atom. The molecule has 0 bridgehead atoms. The lowest BCUT2D eigenvalue weighted by Crippen LogP contribution is -1.95. The second-order valence-electron chi connectivity index (χ2n) is 4.30. The predicted octanol–water partition coefficient (Wildman–Crippen LogP) is 3.94. The molecule has 3 aromatic rings. The average Bonchev–Trinajstić information content (AvgIpc) is 2.98. The van der Waals surface area contributed by atoms with Gasteiger partial charge >= 0.3 is 0 Å². The van der Waals surface area contributed by atoms with Crippen molar-refractivity contribution in [2.24, 2.45) is 5.73 Å². The number of hydrogen-bond donors (Lipinski definition) is 1. The Morgan fingerprint density at radius 1 is 0.895 bits per heavy atom. The number of nitrogens with two attached hydrogens (primary N) is 1. The van der Waals surface area contributed by atoms with Gasteiger partial charge in [0.15, 0.2) is 0 Å². The van der Waals surface area contributed by atoms with Crippen LogP contribution in [0.3, 0.4) is 0 Å². The highest BCUT2D eigenvalue weighted by molar-refractivity contribution is 7.13. The molecule has 0 aliphatic carbocycles. The molecule has 0 radical (unpaired) electrons. The van der Waals surface area contributed by atoms with Gasteiger partial charge in [0.2, 0.25) is 0 Å². The van der Waals surface area contributed by atoms with E-state index < -0.39 is 0 Å². The third-order valence-corrected chi connectivity index (χ3v) is 3.90. The van der Waals surface area contributed by atoms with E-state index in [4.69, 9.17) is 10.7 Å². The monoisotopic (exact) mass is 266 g/mol. The lowest BCUT2D eigenvalue weighted by Gasteiger charge is -1.99. The van der Waals surface area contributed by atoms with Gasteiger partial charge in [-0.15, -0.1) is 11.3 Å². The molecule has 0 fully saturated rings. The summed E-state index contributed by atoms with van der Waals surface area (Å²) in [5, 5.41) is 3.15. The lowest BCUT2D eigenvalue weighted by atomic mass is 10.1. The molecule has 0 saturated heterocycles. The molecule has 0 amide bonds. The molecular formula is C16H14N2S. The van der Waals surface area contributed by atoms with E-state index in [0.717, 1.165) is 27.4 Å². The molecule has 0 aliphatic rings. The van der Waals surface area contributed by atoms with Gasteiger partial charge < -0.3 is 5.73 Å². The van der Waals surface area contributed by atoms with Crippen LogP contribution in [0.4, 0.5) is 0 Å². The maximum Gasteiger partial charge on any atom is 0.124 e. The SMILES string of the molecule is NCc1ccc(-c2csc(-c3ccccc3)n2)cc1. The van der Waals surface area contributed by atoms with Gasteiger partial charge in [-0.05, 0) is 5.56 Å². The summed E-state index contributed by atoms with van der Waals surface area (Å²) in [5.74, 6) is 0. The van der Waals surface area contributed by atoms with Gasteiger partial charge in [-0.3, -0.25) is 0 Å². The zero-order valence-corrected chi connectivity index (χ0v) is 11.2. The van der Waals surface area contributed by atoms with Crippen LogP contribution < -0.4 is 5.73 Å². The molecule has 0 saturated carbocycles. The van der Waals surface area contributed by atoms with Crippen LogP contribution in [0.2, 0.25) is 0 Å². The van der Waals surface area contributed by atoms with E-state index in [9.17, 15) is 0 Å². The van der Waals surface area contributed by atoms with Gasteiger partial charge in [-0.1, -0.05) is 54.6 Å². The second-order valence-corrected chi connectivity index (χ2v) is 5.16. The average molecular weight is 266 g/mol. The fraction of sp³-hybridized carbons (Fsp3) is 0.0625. The summed E-state index contributed by atoms with van der Waals surface area (Å²) in [6.07, 6.45) is 0. The maximum atomic E-state index is 5.61. The van der Waals surface area contributed by atoms with Crippen LogP contribution in [0, 0.1) is 0 Å². The molecule has 19 heavy (non-hydrogen) atoms. The van der Waals surface area contributed by atoms with Crippen LogP contribution in [0.1, 0.15) is 5.56 Å². The van der Waals surface area contributed by atoms with Crippen LogP contribution in [0.5, 0.6) is 0 Å². The molecule has 0 unspecified atom stereocenters. The van der Waals surface area contributed by atoms with Gasteiger partial charge in [0.05, 0.1) is 5.69 Å². The smallest absolute Gasteiger partial charge is 0.124 e. The molecule has 2 aromatic carbocycles. The molecule has 3 heteroatoms. The van der Waals surface area contributed by atoms with Crippen LogP contribution in [0.15, 0.2) is 60.0 Å². The minimum atomic E-state index is 0.576. The Labute approximate surface area is 116 Å². The van der Waals surface area contributed by atoms with E-state index in [0.29, 0.717) is 6.54 Å². The standard InChI is InChI=1S/C16H14N2S/c17-10-12-6-8-13(9-7-12)15-11-19-16(18-15)14-4-2-1-3-5-14/h1-9,11H,10,17H2. The number of rotatable bonds is 3. The topological polar surface area (TPSA) is 38.9 Å². The Balaban J connectivity index is 1.92. The predicted molar refractivity (Wildman–Crippen MR) is 80.9 cm³/mol. The van der Waals surface area contributed by atoms with Gasteiger partial charge in [-0.25, -0.2) is 4.98 Å². The van der Waals surface area contributed by atoms with Crippen molar-refractivity contribution in [3.63, 3.8) is 0 Å². The molecule has 0 aliphatic heterocycles. The summed E-state index contributed by atoms with van der Waals surface area (Å²) in [6.45, 7) is 0.576. The molecule has 1 aromatic heterocycles. The zero-order valence-electron chi connectivity index (χ0n) is 10.4. The van der Waals surface area contributed by atoms with Crippen molar-refractivity contribution in [1.29, 1.82) is 0 Å². The molecule has 1 heterocycles. The highest BCUT2D eigenvalue weighted by atomic mass is 32.1. The first-order valence-electron chi connectivity index (χ1n) is 6.17. The molecule has 0 atom stereocenters. The summed E-state index contributed by atoms with van der Waals surface area (Å²) in [4.78, 5) is 4.69. The molecule has 94 valence electrons. The first kappa shape index (κ1) is 12.1. The number of benzene rings is 2. The van der Waals surface area contributed by atoms with Crippen LogP contribution in [-0.4, -0.2) is 4.98 Å². The van der Waals surface area contributed by atoms with Crippen molar-refractivity contribution < 1.29 is 0 Å². The number of aromatic nitrogens is 1. The van der Waals surface area contributed by atoms with Crippen molar-refractivity contribution in [3.8, 4) is 21.8 Å². The Kier molecular flexibility index (Phi) is 3.40. The lowest BCUT2D eigenvalue weighted by molar-refractivity contribution is 1.07. The first-order chi connectivity index (χ1) is 9.36. The van der Waals surface area contributed by atoms with Crippen LogP contribution in [0.25, 0.3) is 21.8 Å². The van der Waals surface area contributed by atoms with Crippen molar-refractivity contribution >= 4 is 11.3 Å².